The highest BCUT2D eigenvalue weighted by Gasteiger charge is 2.36. The molecule has 0 saturated heterocycles. The molecule has 3 aromatic rings. The molecule has 162 valence electrons. The van der Waals surface area contributed by atoms with E-state index in [0.717, 1.165) is 4.90 Å². The highest BCUT2D eigenvalue weighted by molar-refractivity contribution is 6.21. The molecule has 0 spiro atoms. The Kier molecular flexibility index (Phi) is 5.80. The molecule has 1 aliphatic heterocycles. The molecule has 8 nitrogen and oxygen atoms in total. The molecule has 0 fully saturated rings. The van der Waals surface area contributed by atoms with Gasteiger partial charge in [0.1, 0.15) is 11.6 Å². The summed E-state index contributed by atoms with van der Waals surface area (Å²) in [4.78, 5) is 50.4. The van der Waals surface area contributed by atoms with Gasteiger partial charge in [0.25, 0.3) is 17.7 Å². The third kappa shape index (κ3) is 4.41. The number of ether oxygens (including phenoxy) is 1. The van der Waals surface area contributed by atoms with E-state index in [1.54, 1.807) is 12.1 Å². The van der Waals surface area contributed by atoms with Gasteiger partial charge in [-0.3, -0.25) is 19.3 Å². The summed E-state index contributed by atoms with van der Waals surface area (Å²) in [6, 6.07) is 12.9. The van der Waals surface area contributed by atoms with E-state index in [1.807, 2.05) is 0 Å². The van der Waals surface area contributed by atoms with E-state index in [1.165, 1.54) is 48.7 Å². The van der Waals surface area contributed by atoms with Gasteiger partial charge in [-0.25, -0.2) is 9.18 Å². The standard InChI is InChI=1S/C23H17FN2O6/c24-16-6-3-14(4-7-16)11-25-20(27)13-32-23(30)15-5-8-18-19(10-15)22(29)26(21(18)28)12-17-2-1-9-31-17/h1-10H,11-13H2,(H,25,27). The van der Waals surface area contributed by atoms with Crippen molar-refractivity contribution < 1.29 is 32.7 Å². The average molecular weight is 436 g/mol. The number of hydrogen-bond donors (Lipinski definition) is 1. The number of imide groups is 1. The van der Waals surface area contributed by atoms with Crippen LogP contribution in [0.4, 0.5) is 4.39 Å². The first-order chi connectivity index (χ1) is 15.4. The van der Waals surface area contributed by atoms with Crippen LogP contribution in [0.3, 0.4) is 0 Å². The average Bonchev–Trinajstić information content (AvgIpc) is 3.40. The normalized spacial score (nSPS) is 12.6. The van der Waals surface area contributed by atoms with Crippen molar-refractivity contribution in [3.8, 4) is 0 Å². The summed E-state index contributed by atoms with van der Waals surface area (Å²) in [5, 5.41) is 2.55. The number of nitrogens with one attached hydrogen (secondary N) is 1. The van der Waals surface area contributed by atoms with Crippen molar-refractivity contribution in [1.82, 2.24) is 10.2 Å². The predicted octanol–water partition coefficient (Wildman–Crippen LogP) is 2.69. The molecule has 1 aromatic heterocycles. The molecule has 32 heavy (non-hydrogen) atoms. The predicted molar refractivity (Wildman–Crippen MR) is 108 cm³/mol. The minimum absolute atomic E-state index is 0.0205. The van der Waals surface area contributed by atoms with Gasteiger partial charge in [-0.2, -0.15) is 0 Å². The smallest absolute Gasteiger partial charge is 0.338 e. The van der Waals surface area contributed by atoms with Crippen LogP contribution in [0.5, 0.6) is 0 Å². The molecule has 1 N–H and O–H groups in total. The van der Waals surface area contributed by atoms with Crippen LogP contribution in [0.25, 0.3) is 0 Å². The second-order valence-corrected chi connectivity index (χ2v) is 7.02. The highest BCUT2D eigenvalue weighted by atomic mass is 19.1. The summed E-state index contributed by atoms with van der Waals surface area (Å²) in [6.45, 7) is -0.403. The van der Waals surface area contributed by atoms with Crippen molar-refractivity contribution in [2.24, 2.45) is 0 Å². The van der Waals surface area contributed by atoms with Gasteiger partial charge in [-0.1, -0.05) is 12.1 Å². The van der Waals surface area contributed by atoms with Gasteiger partial charge < -0.3 is 14.5 Å². The number of rotatable bonds is 7. The second kappa shape index (κ2) is 8.84. The van der Waals surface area contributed by atoms with Crippen molar-refractivity contribution in [2.75, 3.05) is 6.61 Å². The van der Waals surface area contributed by atoms with Crippen LogP contribution < -0.4 is 5.32 Å². The van der Waals surface area contributed by atoms with Crippen LogP contribution >= 0.6 is 0 Å². The molecule has 4 rings (SSSR count). The van der Waals surface area contributed by atoms with Crippen LogP contribution in [-0.2, 0) is 22.6 Å². The molecule has 1 aliphatic rings. The third-order valence-corrected chi connectivity index (χ3v) is 4.84. The lowest BCUT2D eigenvalue weighted by Crippen LogP contribution is -2.29. The van der Waals surface area contributed by atoms with Crippen molar-refractivity contribution >= 4 is 23.7 Å². The number of benzene rings is 2. The Morgan fingerprint density at radius 1 is 1.00 bits per heavy atom. The molecule has 0 aliphatic carbocycles. The number of halogens is 1. The molecule has 2 aromatic carbocycles. The minimum atomic E-state index is -0.811. The van der Waals surface area contributed by atoms with Crippen LogP contribution in [0.1, 0.15) is 42.4 Å². The summed E-state index contributed by atoms with van der Waals surface area (Å²) in [7, 11) is 0. The van der Waals surface area contributed by atoms with Crippen LogP contribution in [0.15, 0.2) is 65.3 Å². The summed E-state index contributed by atoms with van der Waals surface area (Å²) in [6.07, 6.45) is 1.44. The number of carbonyl (C=O) groups excluding carboxylic acids is 4. The topological polar surface area (TPSA) is 106 Å². The van der Waals surface area contributed by atoms with Gasteiger partial charge in [-0.05, 0) is 48.0 Å². The number of carbonyl (C=O) groups is 4. The van der Waals surface area contributed by atoms with Gasteiger partial charge >= 0.3 is 5.97 Å². The highest BCUT2D eigenvalue weighted by Crippen LogP contribution is 2.26. The molecule has 0 unspecified atom stereocenters. The fourth-order valence-corrected chi connectivity index (χ4v) is 3.19. The molecule has 9 heteroatoms. The second-order valence-electron chi connectivity index (χ2n) is 7.02. The van der Waals surface area contributed by atoms with E-state index in [9.17, 15) is 23.6 Å². The van der Waals surface area contributed by atoms with Gasteiger partial charge in [0.15, 0.2) is 6.61 Å². The number of fused-ring (bicyclic) bond motifs is 1. The van der Waals surface area contributed by atoms with Gasteiger partial charge in [0.05, 0.1) is 29.5 Å². The molecule has 0 atom stereocenters. The van der Waals surface area contributed by atoms with E-state index in [0.29, 0.717) is 11.3 Å². The molecule has 0 radical (unpaired) electrons. The van der Waals surface area contributed by atoms with Crippen LogP contribution in [0, 0.1) is 5.82 Å². The van der Waals surface area contributed by atoms with E-state index in [2.05, 4.69) is 5.32 Å². The first-order valence-electron chi connectivity index (χ1n) is 9.63. The Morgan fingerprint density at radius 3 is 2.47 bits per heavy atom. The zero-order valence-corrected chi connectivity index (χ0v) is 16.7. The SMILES string of the molecule is O=C(COC(=O)c1ccc2c(c1)C(=O)N(Cc1ccco1)C2=O)NCc1ccc(F)cc1. The summed E-state index contributed by atoms with van der Waals surface area (Å²) in [5.41, 5.74) is 0.981. The lowest BCUT2D eigenvalue weighted by atomic mass is 10.1. The summed E-state index contributed by atoms with van der Waals surface area (Å²) in [5.74, 6) is -2.32. The number of hydrogen-bond acceptors (Lipinski definition) is 6. The van der Waals surface area contributed by atoms with Crippen LogP contribution in [-0.4, -0.2) is 35.2 Å². The van der Waals surface area contributed by atoms with Crippen molar-refractivity contribution in [3.05, 3.63) is 94.7 Å². The van der Waals surface area contributed by atoms with Crippen molar-refractivity contribution in [2.45, 2.75) is 13.1 Å². The maximum absolute atomic E-state index is 12.9. The number of nitrogens with zero attached hydrogens (tertiary/aromatic N) is 1. The van der Waals surface area contributed by atoms with Crippen molar-refractivity contribution in [3.63, 3.8) is 0 Å². The molecular weight excluding hydrogens is 419 g/mol. The fourth-order valence-electron chi connectivity index (χ4n) is 3.19. The molecule has 3 amide bonds. The largest absolute Gasteiger partial charge is 0.467 e. The van der Waals surface area contributed by atoms with Crippen molar-refractivity contribution in [1.29, 1.82) is 0 Å². The number of furan rings is 1. The molecule has 0 saturated carbocycles. The fraction of sp³-hybridized carbons (Fsp3) is 0.130. The molecule has 0 bridgehead atoms. The summed E-state index contributed by atoms with van der Waals surface area (Å²) < 4.78 is 23.1. The minimum Gasteiger partial charge on any atom is -0.467 e. The number of esters is 1. The van der Waals surface area contributed by atoms with E-state index in [4.69, 9.17) is 9.15 Å². The Morgan fingerprint density at radius 2 is 1.75 bits per heavy atom. The third-order valence-electron chi connectivity index (χ3n) is 4.84. The Hall–Kier alpha value is -4.27. The quantitative estimate of drug-likeness (QED) is 0.451. The first-order valence-corrected chi connectivity index (χ1v) is 9.63. The maximum Gasteiger partial charge on any atom is 0.338 e. The maximum atomic E-state index is 12.9. The van der Waals surface area contributed by atoms with E-state index in [-0.39, 0.29) is 35.6 Å². The van der Waals surface area contributed by atoms with E-state index >= 15 is 0 Å². The zero-order valence-electron chi connectivity index (χ0n) is 16.7. The van der Waals surface area contributed by atoms with Crippen LogP contribution in [0.2, 0.25) is 0 Å². The van der Waals surface area contributed by atoms with E-state index < -0.39 is 30.3 Å². The Bertz CT molecular complexity index is 1190. The molecular formula is C23H17FN2O6. The summed E-state index contributed by atoms with van der Waals surface area (Å²) >= 11 is 0. The van der Waals surface area contributed by atoms with Gasteiger partial charge in [0, 0.05) is 6.54 Å². The van der Waals surface area contributed by atoms with Gasteiger partial charge in [0.2, 0.25) is 0 Å². The first kappa shape index (κ1) is 21.0. The Balaban J connectivity index is 1.35. The lowest BCUT2D eigenvalue weighted by Gasteiger charge is -2.11. The zero-order chi connectivity index (χ0) is 22.7. The number of amides is 3. The molecule has 2 heterocycles. The van der Waals surface area contributed by atoms with Gasteiger partial charge in [-0.15, -0.1) is 0 Å². The lowest BCUT2D eigenvalue weighted by molar-refractivity contribution is -0.124. The Labute approximate surface area is 181 Å². The monoisotopic (exact) mass is 436 g/mol.